The van der Waals surface area contributed by atoms with Crippen LogP contribution >= 0.6 is 12.2 Å². The first-order chi connectivity index (χ1) is 9.60. The van der Waals surface area contributed by atoms with Crippen molar-refractivity contribution in [2.24, 2.45) is 5.92 Å². The predicted octanol–water partition coefficient (Wildman–Crippen LogP) is 2.27. The van der Waals surface area contributed by atoms with E-state index >= 15 is 0 Å². The summed E-state index contributed by atoms with van der Waals surface area (Å²) in [5.41, 5.74) is 0.989. The smallest absolute Gasteiger partial charge is 0.336 e. The molecule has 2 heterocycles. The fourth-order valence-electron chi connectivity index (χ4n) is 2.28. The molecule has 1 aromatic heterocycles. The van der Waals surface area contributed by atoms with E-state index in [2.05, 4.69) is 11.4 Å². The fraction of sp³-hybridized carbons (Fsp3) is 0.357. The maximum absolute atomic E-state index is 12.2. The molecule has 1 aliphatic rings. The summed E-state index contributed by atoms with van der Waals surface area (Å²) in [4.78, 5) is 12.6. The van der Waals surface area contributed by atoms with Gasteiger partial charge in [0.1, 0.15) is 11.7 Å². The van der Waals surface area contributed by atoms with Gasteiger partial charge in [-0.3, -0.25) is 0 Å². The number of nitriles is 1. The molecule has 0 fully saturated rings. The Morgan fingerprint density at radius 3 is 2.95 bits per heavy atom. The molecule has 0 radical (unpaired) electrons. The lowest BCUT2D eigenvalue weighted by Crippen LogP contribution is -2.40. The van der Waals surface area contributed by atoms with E-state index in [1.807, 2.05) is 0 Å². The largest absolute Gasteiger partial charge is 0.469 e. The van der Waals surface area contributed by atoms with E-state index in [4.69, 9.17) is 21.4 Å². The monoisotopic (exact) mass is 290 g/mol. The average Bonchev–Trinajstić information content (AvgIpc) is 2.91. The van der Waals surface area contributed by atoms with Crippen LogP contribution in [0, 0.1) is 17.2 Å². The van der Waals surface area contributed by atoms with E-state index in [9.17, 15) is 10.1 Å². The van der Waals surface area contributed by atoms with Crippen LogP contribution in [0.5, 0.6) is 0 Å². The van der Waals surface area contributed by atoms with Gasteiger partial charge >= 0.3 is 5.97 Å². The van der Waals surface area contributed by atoms with E-state index in [-0.39, 0.29) is 6.61 Å². The van der Waals surface area contributed by atoms with Crippen molar-refractivity contribution < 1.29 is 13.9 Å². The topological polar surface area (TPSA) is 75.3 Å². The van der Waals surface area contributed by atoms with E-state index in [0.29, 0.717) is 22.0 Å². The summed E-state index contributed by atoms with van der Waals surface area (Å²) < 4.78 is 10.5. The van der Waals surface area contributed by atoms with Gasteiger partial charge in [-0.2, -0.15) is 5.26 Å². The highest BCUT2D eigenvalue weighted by Crippen LogP contribution is 2.37. The third-order valence-corrected chi connectivity index (χ3v) is 3.48. The highest BCUT2D eigenvalue weighted by Gasteiger charge is 2.40. The number of hydrogen-bond acceptors (Lipinski definition) is 5. The number of nitrogens with one attached hydrogen (secondary N) is 1. The minimum absolute atomic E-state index is 0.266. The quantitative estimate of drug-likeness (QED) is 0.680. The number of nitrogens with zero attached hydrogens (tertiary/aromatic N) is 1. The Bertz CT molecular complexity index is 598. The molecule has 20 heavy (non-hydrogen) atoms. The van der Waals surface area contributed by atoms with Gasteiger partial charge in [0.2, 0.25) is 0 Å². The lowest BCUT2D eigenvalue weighted by molar-refractivity contribution is -0.139. The Hall–Kier alpha value is -2.13. The van der Waals surface area contributed by atoms with E-state index in [1.54, 1.807) is 26.0 Å². The standard InChI is InChI=1S/C14H14N2O3S/c1-3-18-14(17)11-8(2)16-13(20)9(7-15)12(11)10-5-4-6-19-10/h4-6,9,12H,3H2,1-2H3,(H,16,20). The molecule has 2 rings (SSSR count). The lowest BCUT2D eigenvalue weighted by Gasteiger charge is -2.30. The first kappa shape index (κ1) is 14.3. The Balaban J connectivity index is 2.53. The maximum atomic E-state index is 12.2. The van der Waals surface area contributed by atoms with Crippen LogP contribution in [0.4, 0.5) is 0 Å². The van der Waals surface area contributed by atoms with Gasteiger partial charge in [-0.05, 0) is 26.0 Å². The van der Waals surface area contributed by atoms with E-state index in [0.717, 1.165) is 0 Å². The summed E-state index contributed by atoms with van der Waals surface area (Å²) in [6, 6.07) is 5.58. The summed E-state index contributed by atoms with van der Waals surface area (Å²) in [6.07, 6.45) is 1.51. The minimum atomic E-state index is -0.653. The average molecular weight is 290 g/mol. The van der Waals surface area contributed by atoms with E-state index < -0.39 is 17.8 Å². The molecule has 1 aliphatic heterocycles. The van der Waals surface area contributed by atoms with Crippen molar-refractivity contribution in [3.8, 4) is 6.07 Å². The number of carbonyl (C=O) groups is 1. The molecule has 1 aromatic rings. The predicted molar refractivity (Wildman–Crippen MR) is 75.6 cm³/mol. The van der Waals surface area contributed by atoms with Gasteiger partial charge in [0.15, 0.2) is 0 Å². The molecule has 2 atom stereocenters. The molecule has 0 aliphatic carbocycles. The second kappa shape index (κ2) is 5.88. The van der Waals surface area contributed by atoms with Gasteiger partial charge in [-0.25, -0.2) is 4.79 Å². The number of ether oxygens (including phenoxy) is 1. The number of thiocarbonyl (C=S) groups is 1. The summed E-state index contributed by atoms with van der Waals surface area (Å²) in [5.74, 6) is -1.12. The molecular formula is C14H14N2O3S. The summed E-state index contributed by atoms with van der Waals surface area (Å²) in [6.45, 7) is 3.74. The van der Waals surface area contributed by atoms with Gasteiger partial charge < -0.3 is 14.5 Å². The van der Waals surface area contributed by atoms with Crippen LogP contribution in [0.15, 0.2) is 34.1 Å². The minimum Gasteiger partial charge on any atom is -0.469 e. The fourth-order valence-corrected chi connectivity index (χ4v) is 2.62. The highest BCUT2D eigenvalue weighted by atomic mass is 32.1. The Labute approximate surface area is 122 Å². The van der Waals surface area contributed by atoms with Crippen molar-refractivity contribution >= 4 is 23.2 Å². The maximum Gasteiger partial charge on any atom is 0.336 e. The van der Waals surface area contributed by atoms with Crippen molar-refractivity contribution in [3.05, 3.63) is 35.4 Å². The highest BCUT2D eigenvalue weighted by molar-refractivity contribution is 7.80. The third-order valence-electron chi connectivity index (χ3n) is 3.13. The summed E-state index contributed by atoms with van der Waals surface area (Å²) in [7, 11) is 0. The first-order valence-electron chi connectivity index (χ1n) is 6.21. The van der Waals surface area contributed by atoms with Gasteiger partial charge in [0.25, 0.3) is 0 Å². The van der Waals surface area contributed by atoms with Crippen LogP contribution in [-0.4, -0.2) is 17.6 Å². The SMILES string of the molecule is CCOC(=O)C1=C(C)NC(=S)C(C#N)C1c1ccco1. The van der Waals surface area contributed by atoms with E-state index in [1.165, 1.54) is 6.26 Å². The van der Waals surface area contributed by atoms with Crippen LogP contribution in [0.3, 0.4) is 0 Å². The van der Waals surface area contributed by atoms with Gasteiger partial charge in [-0.1, -0.05) is 12.2 Å². The lowest BCUT2D eigenvalue weighted by atomic mass is 9.81. The second-order valence-electron chi connectivity index (χ2n) is 4.35. The van der Waals surface area contributed by atoms with Crippen molar-refractivity contribution in [1.29, 1.82) is 5.26 Å². The molecule has 6 heteroatoms. The van der Waals surface area contributed by atoms with Crippen LogP contribution in [-0.2, 0) is 9.53 Å². The number of furan rings is 1. The molecule has 2 unspecified atom stereocenters. The van der Waals surface area contributed by atoms with Crippen molar-refractivity contribution in [2.45, 2.75) is 19.8 Å². The second-order valence-corrected chi connectivity index (χ2v) is 4.79. The molecule has 0 spiro atoms. The van der Waals surface area contributed by atoms with Gasteiger partial charge in [0.05, 0.1) is 35.4 Å². The molecule has 104 valence electrons. The molecule has 5 nitrogen and oxygen atoms in total. The zero-order chi connectivity index (χ0) is 14.7. The normalized spacial score (nSPS) is 22.1. The zero-order valence-electron chi connectivity index (χ0n) is 11.2. The Morgan fingerprint density at radius 2 is 2.40 bits per heavy atom. The Morgan fingerprint density at radius 1 is 1.65 bits per heavy atom. The molecule has 0 amide bonds. The van der Waals surface area contributed by atoms with Crippen LogP contribution in [0.25, 0.3) is 0 Å². The summed E-state index contributed by atoms with van der Waals surface area (Å²) >= 11 is 5.20. The molecular weight excluding hydrogens is 276 g/mol. The number of esters is 1. The molecule has 0 saturated carbocycles. The van der Waals surface area contributed by atoms with Crippen molar-refractivity contribution in [2.75, 3.05) is 6.61 Å². The van der Waals surface area contributed by atoms with Crippen molar-refractivity contribution in [3.63, 3.8) is 0 Å². The number of hydrogen-bond donors (Lipinski definition) is 1. The molecule has 0 bridgehead atoms. The zero-order valence-corrected chi connectivity index (χ0v) is 12.0. The third kappa shape index (κ3) is 2.45. The first-order valence-corrected chi connectivity index (χ1v) is 6.62. The van der Waals surface area contributed by atoms with Crippen LogP contribution in [0.1, 0.15) is 25.5 Å². The number of carbonyl (C=O) groups excluding carboxylic acids is 1. The summed E-state index contributed by atoms with van der Waals surface area (Å²) in [5, 5.41) is 12.3. The van der Waals surface area contributed by atoms with Gasteiger partial charge in [-0.15, -0.1) is 0 Å². The van der Waals surface area contributed by atoms with Crippen molar-refractivity contribution in [1.82, 2.24) is 5.32 Å². The number of rotatable bonds is 3. The van der Waals surface area contributed by atoms with Crippen LogP contribution < -0.4 is 5.32 Å². The van der Waals surface area contributed by atoms with Crippen LogP contribution in [0.2, 0.25) is 0 Å². The Kier molecular flexibility index (Phi) is 4.20. The molecule has 1 N–H and O–H groups in total. The van der Waals surface area contributed by atoms with Gasteiger partial charge in [0, 0.05) is 5.70 Å². The molecule has 0 aromatic carbocycles. The molecule has 0 saturated heterocycles. The number of allylic oxidation sites excluding steroid dienone is 1.